The largest absolute Gasteiger partial charge is 0.511 e. The first kappa shape index (κ1) is 20.6. The maximum Gasteiger partial charge on any atom is 0.322 e. The molecule has 3 rings (SSSR count). The van der Waals surface area contributed by atoms with Gasteiger partial charge in [0.25, 0.3) is 11.8 Å². The molecule has 3 N–H and O–H groups in total. The standard InChI is InChI=1S/C20H25N3O6/c24-15-8-10-23(20(28)18(15)19(27)22-11-17(25)26)12-13-4-6-14(7-5-13)29-16-3-1-2-9-21-16/h1-3,9,13-14,24H,4-8,10-12H2,(H,22,27)(H,25,26). The molecular formula is C20H25N3O6. The van der Waals surface area contributed by atoms with Gasteiger partial charge < -0.3 is 25.2 Å². The van der Waals surface area contributed by atoms with Crippen molar-refractivity contribution in [2.45, 2.75) is 38.2 Å². The van der Waals surface area contributed by atoms with Gasteiger partial charge in [-0.1, -0.05) is 6.07 Å². The first-order valence-electron chi connectivity index (χ1n) is 9.73. The fourth-order valence-electron chi connectivity index (χ4n) is 3.73. The molecule has 0 bridgehead atoms. The number of aliphatic hydroxyl groups is 1. The second-order valence-electron chi connectivity index (χ2n) is 7.33. The zero-order chi connectivity index (χ0) is 20.8. The van der Waals surface area contributed by atoms with E-state index < -0.39 is 24.3 Å². The summed E-state index contributed by atoms with van der Waals surface area (Å²) in [5.74, 6) is -2.02. The van der Waals surface area contributed by atoms with Crippen molar-refractivity contribution in [3.63, 3.8) is 0 Å². The first-order valence-corrected chi connectivity index (χ1v) is 9.73. The number of hydrogen-bond acceptors (Lipinski definition) is 6. The molecule has 2 aliphatic rings. The minimum Gasteiger partial charge on any atom is -0.511 e. The molecule has 9 heteroatoms. The van der Waals surface area contributed by atoms with Gasteiger partial charge in [0.15, 0.2) is 0 Å². The Morgan fingerprint density at radius 2 is 2.00 bits per heavy atom. The lowest BCUT2D eigenvalue weighted by Gasteiger charge is -2.34. The Morgan fingerprint density at radius 1 is 1.24 bits per heavy atom. The number of ether oxygens (including phenoxy) is 1. The Balaban J connectivity index is 1.51. The summed E-state index contributed by atoms with van der Waals surface area (Å²) in [6.45, 7) is 0.228. The van der Waals surface area contributed by atoms with E-state index in [9.17, 15) is 19.5 Å². The van der Waals surface area contributed by atoms with Crippen LogP contribution in [0.1, 0.15) is 32.1 Å². The summed E-state index contributed by atoms with van der Waals surface area (Å²) in [7, 11) is 0. The molecular weight excluding hydrogens is 378 g/mol. The summed E-state index contributed by atoms with van der Waals surface area (Å²) >= 11 is 0. The molecule has 9 nitrogen and oxygen atoms in total. The Morgan fingerprint density at radius 3 is 2.66 bits per heavy atom. The van der Waals surface area contributed by atoms with Gasteiger partial charge >= 0.3 is 5.97 Å². The number of carboxylic acid groups (broad SMARTS) is 1. The lowest BCUT2D eigenvalue weighted by molar-refractivity contribution is -0.138. The van der Waals surface area contributed by atoms with Crippen molar-refractivity contribution >= 4 is 17.8 Å². The molecule has 29 heavy (non-hydrogen) atoms. The van der Waals surface area contributed by atoms with Gasteiger partial charge in [-0.05, 0) is 37.7 Å². The second kappa shape index (κ2) is 9.40. The number of nitrogens with zero attached hydrogens (tertiary/aromatic N) is 2. The van der Waals surface area contributed by atoms with Gasteiger partial charge in [-0.2, -0.15) is 0 Å². The number of aromatic nitrogens is 1. The molecule has 0 spiro atoms. The molecule has 0 radical (unpaired) electrons. The van der Waals surface area contributed by atoms with E-state index in [1.807, 2.05) is 18.2 Å². The van der Waals surface area contributed by atoms with Crippen molar-refractivity contribution in [1.82, 2.24) is 15.2 Å². The highest BCUT2D eigenvalue weighted by atomic mass is 16.5. The summed E-state index contributed by atoms with van der Waals surface area (Å²) in [5.41, 5.74) is -0.357. The van der Waals surface area contributed by atoms with Crippen LogP contribution in [-0.4, -0.2) is 63.6 Å². The highest BCUT2D eigenvalue weighted by Gasteiger charge is 2.34. The van der Waals surface area contributed by atoms with Crippen LogP contribution in [0.3, 0.4) is 0 Å². The summed E-state index contributed by atoms with van der Waals surface area (Å²) < 4.78 is 5.89. The van der Waals surface area contributed by atoms with Gasteiger partial charge in [-0.3, -0.25) is 14.4 Å². The van der Waals surface area contributed by atoms with Crippen LogP contribution < -0.4 is 10.1 Å². The van der Waals surface area contributed by atoms with Crippen molar-refractivity contribution in [2.75, 3.05) is 19.6 Å². The number of amides is 2. The molecule has 1 fully saturated rings. The predicted molar refractivity (Wildman–Crippen MR) is 102 cm³/mol. The van der Waals surface area contributed by atoms with E-state index in [2.05, 4.69) is 10.3 Å². The van der Waals surface area contributed by atoms with Crippen molar-refractivity contribution in [3.05, 3.63) is 35.7 Å². The number of hydrogen-bond donors (Lipinski definition) is 3. The fraction of sp³-hybridized carbons (Fsp3) is 0.500. The maximum atomic E-state index is 12.7. The topological polar surface area (TPSA) is 129 Å². The minimum atomic E-state index is -1.22. The number of nitrogens with one attached hydrogen (secondary N) is 1. The maximum absolute atomic E-state index is 12.7. The third-order valence-corrected chi connectivity index (χ3v) is 5.23. The van der Waals surface area contributed by atoms with Crippen molar-refractivity contribution in [1.29, 1.82) is 0 Å². The summed E-state index contributed by atoms with van der Waals surface area (Å²) in [6.07, 6.45) is 5.46. The van der Waals surface area contributed by atoms with Crippen LogP contribution in [0.4, 0.5) is 0 Å². The predicted octanol–water partition coefficient (Wildman–Crippen LogP) is 1.26. The fourth-order valence-corrected chi connectivity index (χ4v) is 3.73. The van der Waals surface area contributed by atoms with Crippen LogP contribution in [0.25, 0.3) is 0 Å². The van der Waals surface area contributed by atoms with E-state index >= 15 is 0 Å². The third kappa shape index (κ3) is 5.46. The van der Waals surface area contributed by atoms with Gasteiger partial charge in [0.05, 0.1) is 0 Å². The quantitative estimate of drug-likeness (QED) is 0.585. The molecule has 2 amide bonds. The number of rotatable bonds is 7. The van der Waals surface area contributed by atoms with Crippen LogP contribution in [0.2, 0.25) is 0 Å². The normalized spacial score (nSPS) is 22.3. The molecule has 1 aromatic heterocycles. The van der Waals surface area contributed by atoms with Crippen LogP contribution >= 0.6 is 0 Å². The van der Waals surface area contributed by atoms with Gasteiger partial charge in [-0.15, -0.1) is 0 Å². The van der Waals surface area contributed by atoms with Crippen LogP contribution in [0.15, 0.2) is 35.7 Å². The number of pyridine rings is 1. The Labute approximate surface area is 168 Å². The van der Waals surface area contributed by atoms with Crippen LogP contribution in [-0.2, 0) is 14.4 Å². The number of carboxylic acids is 1. The molecule has 1 aliphatic heterocycles. The minimum absolute atomic E-state index is 0.0968. The smallest absolute Gasteiger partial charge is 0.322 e. The molecule has 1 saturated carbocycles. The van der Waals surface area contributed by atoms with E-state index in [1.54, 1.807) is 11.1 Å². The molecule has 1 aromatic rings. The number of carbonyl (C=O) groups is 3. The molecule has 1 aliphatic carbocycles. The zero-order valence-electron chi connectivity index (χ0n) is 16.0. The van der Waals surface area contributed by atoms with Gasteiger partial charge in [0.2, 0.25) is 5.88 Å². The summed E-state index contributed by atoms with van der Waals surface area (Å²) in [5, 5.41) is 20.8. The van der Waals surface area contributed by atoms with E-state index in [1.165, 1.54) is 0 Å². The third-order valence-electron chi connectivity index (χ3n) is 5.23. The van der Waals surface area contributed by atoms with E-state index in [0.29, 0.717) is 19.0 Å². The summed E-state index contributed by atoms with van der Waals surface area (Å²) in [6, 6.07) is 5.54. The van der Waals surface area contributed by atoms with E-state index in [-0.39, 0.29) is 29.8 Å². The highest BCUT2D eigenvalue weighted by Crippen LogP contribution is 2.29. The molecule has 0 atom stereocenters. The Bertz CT molecular complexity index is 787. The summed E-state index contributed by atoms with van der Waals surface area (Å²) in [4.78, 5) is 41.1. The number of aliphatic carboxylic acids is 1. The van der Waals surface area contributed by atoms with Crippen molar-refractivity contribution in [3.8, 4) is 5.88 Å². The average Bonchev–Trinajstić information content (AvgIpc) is 2.71. The lowest BCUT2D eigenvalue weighted by Crippen LogP contribution is -2.45. The number of aliphatic hydroxyl groups excluding tert-OH is 1. The Hall–Kier alpha value is -3.10. The lowest BCUT2D eigenvalue weighted by atomic mass is 9.86. The molecule has 0 unspecified atom stereocenters. The van der Waals surface area contributed by atoms with Gasteiger partial charge in [0.1, 0.15) is 24.0 Å². The van der Waals surface area contributed by atoms with E-state index in [4.69, 9.17) is 9.84 Å². The molecule has 2 heterocycles. The van der Waals surface area contributed by atoms with E-state index in [0.717, 1.165) is 25.7 Å². The highest BCUT2D eigenvalue weighted by molar-refractivity contribution is 6.19. The van der Waals surface area contributed by atoms with Gasteiger partial charge in [0, 0.05) is 31.8 Å². The van der Waals surface area contributed by atoms with Crippen LogP contribution in [0.5, 0.6) is 5.88 Å². The average molecular weight is 403 g/mol. The SMILES string of the molecule is O=C(O)CNC(=O)C1=C(O)CCN(CC2CCC(Oc3ccccn3)CC2)C1=O. The Kier molecular flexibility index (Phi) is 6.69. The second-order valence-corrected chi connectivity index (χ2v) is 7.33. The van der Waals surface area contributed by atoms with Gasteiger partial charge in [-0.25, -0.2) is 4.98 Å². The number of carbonyl (C=O) groups excluding carboxylic acids is 2. The van der Waals surface area contributed by atoms with Crippen molar-refractivity contribution in [2.24, 2.45) is 5.92 Å². The molecule has 0 aromatic carbocycles. The molecule has 0 saturated heterocycles. The first-order chi connectivity index (χ1) is 13.9. The van der Waals surface area contributed by atoms with Crippen molar-refractivity contribution < 1.29 is 29.3 Å². The monoisotopic (exact) mass is 403 g/mol. The van der Waals surface area contributed by atoms with Crippen LogP contribution in [0, 0.1) is 5.92 Å². The zero-order valence-corrected chi connectivity index (χ0v) is 16.0. The molecule has 156 valence electrons.